The van der Waals surface area contributed by atoms with Crippen LogP contribution in [-0.4, -0.2) is 30.1 Å². The Balaban J connectivity index is 1.45. The van der Waals surface area contributed by atoms with Crippen LogP contribution in [-0.2, 0) is 11.2 Å². The van der Waals surface area contributed by atoms with Crippen molar-refractivity contribution in [2.75, 3.05) is 24.9 Å². The number of methoxy groups -OCH3 is 2. The molecule has 0 bridgehead atoms. The Morgan fingerprint density at radius 3 is 2.46 bits per heavy atom. The zero-order valence-corrected chi connectivity index (χ0v) is 19.3. The summed E-state index contributed by atoms with van der Waals surface area (Å²) in [4.78, 5) is 20.7. The fourth-order valence-corrected chi connectivity index (χ4v) is 3.50. The molecule has 0 aliphatic rings. The maximum Gasteiger partial charge on any atom is 0.229 e. The number of aromatic nitrogens is 2. The van der Waals surface area contributed by atoms with Crippen LogP contribution >= 0.6 is 0 Å². The van der Waals surface area contributed by atoms with E-state index in [-0.39, 0.29) is 23.8 Å². The fourth-order valence-electron chi connectivity index (χ4n) is 3.50. The van der Waals surface area contributed by atoms with Crippen LogP contribution in [0.2, 0.25) is 0 Å². The molecular weight excluding hydrogens is 449 g/mol. The minimum absolute atomic E-state index is 0.211. The molecule has 3 N–H and O–H groups in total. The van der Waals surface area contributed by atoms with Gasteiger partial charge in [-0.3, -0.25) is 4.79 Å². The van der Waals surface area contributed by atoms with Gasteiger partial charge in [0.2, 0.25) is 5.91 Å². The third-order valence-corrected chi connectivity index (χ3v) is 5.16. The topological polar surface area (TPSA) is 97.4 Å². The second kappa shape index (κ2) is 10.5. The van der Waals surface area contributed by atoms with Crippen LogP contribution in [0.25, 0.3) is 10.9 Å². The van der Waals surface area contributed by atoms with Gasteiger partial charge in [-0.1, -0.05) is 36.9 Å². The van der Waals surface area contributed by atoms with E-state index in [0.29, 0.717) is 33.9 Å². The molecule has 0 aliphatic heterocycles. The highest BCUT2D eigenvalue weighted by Crippen LogP contribution is 2.34. The number of amides is 1. The van der Waals surface area contributed by atoms with Crippen molar-refractivity contribution in [1.29, 1.82) is 0 Å². The van der Waals surface area contributed by atoms with Crippen molar-refractivity contribution in [3.05, 3.63) is 90.8 Å². The Morgan fingerprint density at radius 1 is 1.00 bits per heavy atom. The molecular formula is C26H24FN5O3. The van der Waals surface area contributed by atoms with Crippen molar-refractivity contribution in [3.8, 4) is 11.5 Å². The molecule has 8 nitrogen and oxygen atoms in total. The lowest BCUT2D eigenvalue weighted by atomic mass is 10.1. The number of nitrogens with zero attached hydrogens (tertiary/aromatic N) is 2. The van der Waals surface area contributed by atoms with Crippen LogP contribution < -0.4 is 25.4 Å². The minimum atomic E-state index is -0.523. The van der Waals surface area contributed by atoms with Gasteiger partial charge in [-0.2, -0.15) is 0 Å². The molecule has 0 fully saturated rings. The molecule has 1 heterocycles. The van der Waals surface area contributed by atoms with Crippen molar-refractivity contribution in [3.63, 3.8) is 0 Å². The fraction of sp³-hybridized carbons (Fsp3) is 0.115. The van der Waals surface area contributed by atoms with Gasteiger partial charge in [0.15, 0.2) is 11.5 Å². The normalized spacial score (nSPS) is 10.5. The highest BCUT2D eigenvalue weighted by Gasteiger charge is 2.13. The van der Waals surface area contributed by atoms with Gasteiger partial charge in [-0.05, 0) is 29.8 Å². The summed E-state index contributed by atoms with van der Waals surface area (Å²) in [7, 11) is 3.07. The molecule has 0 saturated carbocycles. The summed E-state index contributed by atoms with van der Waals surface area (Å²) in [5, 5.41) is 9.21. The summed E-state index contributed by atoms with van der Waals surface area (Å²) in [6.07, 6.45) is 1.59. The molecule has 9 heteroatoms. The molecule has 4 aromatic rings. The smallest absolute Gasteiger partial charge is 0.229 e. The number of fused-ring (bicyclic) bond motifs is 1. The quantitative estimate of drug-likeness (QED) is 0.322. The number of anilines is 3. The number of hydrogen-bond acceptors (Lipinski definition) is 7. The SMILES string of the molecule is C=C(NC(=O)Cc1ccccc1)Nc1ccc(Nc2ncnc3cc(OC)c(OC)cc23)c(F)c1. The van der Waals surface area contributed by atoms with Crippen LogP contribution in [0, 0.1) is 5.82 Å². The van der Waals surface area contributed by atoms with E-state index in [0.717, 1.165) is 5.56 Å². The van der Waals surface area contributed by atoms with E-state index in [4.69, 9.17) is 9.47 Å². The lowest BCUT2D eigenvalue weighted by Crippen LogP contribution is -2.27. The number of nitrogens with one attached hydrogen (secondary N) is 3. The zero-order chi connectivity index (χ0) is 24.8. The second-order valence-electron chi connectivity index (χ2n) is 7.58. The van der Waals surface area contributed by atoms with E-state index in [1.165, 1.54) is 19.5 Å². The minimum Gasteiger partial charge on any atom is -0.493 e. The molecule has 1 amide bonds. The van der Waals surface area contributed by atoms with Gasteiger partial charge in [-0.25, -0.2) is 14.4 Å². The van der Waals surface area contributed by atoms with Crippen molar-refractivity contribution in [2.45, 2.75) is 6.42 Å². The average molecular weight is 474 g/mol. The van der Waals surface area contributed by atoms with Crippen molar-refractivity contribution >= 4 is 34.0 Å². The van der Waals surface area contributed by atoms with Gasteiger partial charge < -0.3 is 25.4 Å². The zero-order valence-electron chi connectivity index (χ0n) is 19.3. The first-order valence-electron chi connectivity index (χ1n) is 10.7. The molecule has 35 heavy (non-hydrogen) atoms. The number of hydrogen-bond donors (Lipinski definition) is 3. The third-order valence-electron chi connectivity index (χ3n) is 5.16. The highest BCUT2D eigenvalue weighted by atomic mass is 19.1. The molecule has 0 spiro atoms. The summed E-state index contributed by atoms with van der Waals surface area (Å²) >= 11 is 0. The number of rotatable bonds is 9. The second-order valence-corrected chi connectivity index (χ2v) is 7.58. The van der Waals surface area contributed by atoms with E-state index in [1.807, 2.05) is 30.3 Å². The van der Waals surface area contributed by atoms with Crippen LogP contribution in [0.1, 0.15) is 5.56 Å². The summed E-state index contributed by atoms with van der Waals surface area (Å²) in [5.74, 6) is 0.941. The largest absolute Gasteiger partial charge is 0.493 e. The van der Waals surface area contributed by atoms with Gasteiger partial charge in [0.1, 0.15) is 23.8 Å². The first-order valence-corrected chi connectivity index (χ1v) is 10.7. The van der Waals surface area contributed by atoms with Crippen LogP contribution in [0.4, 0.5) is 21.6 Å². The molecule has 0 aliphatic carbocycles. The van der Waals surface area contributed by atoms with Gasteiger partial charge in [0.25, 0.3) is 0 Å². The van der Waals surface area contributed by atoms with E-state index in [1.54, 1.807) is 31.4 Å². The van der Waals surface area contributed by atoms with E-state index in [9.17, 15) is 9.18 Å². The predicted octanol–water partition coefficient (Wildman–Crippen LogP) is 4.77. The molecule has 1 aromatic heterocycles. The molecule has 0 atom stereocenters. The first kappa shape index (κ1) is 23.5. The maximum absolute atomic E-state index is 14.9. The van der Waals surface area contributed by atoms with Crippen molar-refractivity contribution < 1.29 is 18.7 Å². The molecule has 0 radical (unpaired) electrons. The first-order chi connectivity index (χ1) is 17.0. The summed E-state index contributed by atoms with van der Waals surface area (Å²) in [6, 6.07) is 17.3. The third kappa shape index (κ3) is 5.64. The van der Waals surface area contributed by atoms with Crippen LogP contribution in [0.15, 0.2) is 79.4 Å². The van der Waals surface area contributed by atoms with E-state index >= 15 is 0 Å². The molecule has 3 aromatic carbocycles. The standard InChI is InChI=1S/C26H24FN5O3/c1-16(31-25(33)11-17-7-5-4-6-8-17)30-18-9-10-21(20(27)12-18)32-26-19-13-23(34-2)24(35-3)14-22(19)28-15-29-26/h4-10,12-15,30H,1,11H2,2-3H3,(H,31,33)(H,28,29,32). The summed E-state index contributed by atoms with van der Waals surface area (Å²) in [6.45, 7) is 3.80. The monoisotopic (exact) mass is 473 g/mol. The molecule has 0 unspecified atom stereocenters. The lowest BCUT2D eigenvalue weighted by molar-refractivity contribution is -0.119. The summed E-state index contributed by atoms with van der Waals surface area (Å²) in [5.41, 5.74) is 2.13. The Labute approximate surface area is 201 Å². The molecule has 0 saturated heterocycles. The van der Waals surface area contributed by atoms with Crippen LogP contribution in [0.5, 0.6) is 11.5 Å². The maximum atomic E-state index is 14.9. The number of ether oxygens (including phenoxy) is 2. The van der Waals surface area contributed by atoms with Gasteiger partial charge >= 0.3 is 0 Å². The number of halogens is 1. The van der Waals surface area contributed by atoms with E-state index < -0.39 is 5.82 Å². The molecule has 4 rings (SSSR count). The van der Waals surface area contributed by atoms with Crippen molar-refractivity contribution in [1.82, 2.24) is 15.3 Å². The lowest BCUT2D eigenvalue weighted by Gasteiger charge is -2.14. The summed E-state index contributed by atoms with van der Waals surface area (Å²) < 4.78 is 25.6. The predicted molar refractivity (Wildman–Crippen MR) is 133 cm³/mol. The Bertz CT molecular complexity index is 1380. The number of benzene rings is 3. The average Bonchev–Trinajstić information content (AvgIpc) is 2.85. The Kier molecular flexibility index (Phi) is 7.06. The highest BCUT2D eigenvalue weighted by molar-refractivity contribution is 5.93. The van der Waals surface area contributed by atoms with Gasteiger partial charge in [-0.15, -0.1) is 0 Å². The number of carbonyl (C=O) groups is 1. The van der Waals surface area contributed by atoms with E-state index in [2.05, 4.69) is 32.5 Å². The van der Waals surface area contributed by atoms with Gasteiger partial charge in [0.05, 0.1) is 31.8 Å². The molecule has 178 valence electrons. The van der Waals surface area contributed by atoms with Crippen molar-refractivity contribution in [2.24, 2.45) is 0 Å². The van der Waals surface area contributed by atoms with Gasteiger partial charge in [0, 0.05) is 17.1 Å². The Morgan fingerprint density at radius 2 is 1.74 bits per heavy atom. The van der Waals surface area contributed by atoms with Crippen LogP contribution in [0.3, 0.4) is 0 Å². The Hall–Kier alpha value is -4.66. The number of carbonyl (C=O) groups excluding carboxylic acids is 1.